The van der Waals surface area contributed by atoms with Crippen molar-refractivity contribution in [3.63, 3.8) is 0 Å². The van der Waals surface area contributed by atoms with Gasteiger partial charge in [0.15, 0.2) is 5.76 Å². The van der Waals surface area contributed by atoms with E-state index in [9.17, 15) is 4.79 Å². The second kappa shape index (κ2) is 9.88. The molecule has 6 heteroatoms. The largest absolute Gasteiger partial charge is 0.497 e. The van der Waals surface area contributed by atoms with Crippen LogP contribution in [0.15, 0.2) is 51.4 Å². The number of amides is 1. The molecule has 4 rings (SSSR count). The van der Waals surface area contributed by atoms with Gasteiger partial charge in [0.25, 0.3) is 5.91 Å². The SMILES string of the molecule is COc1ccc(C(CNC(=O)c2oc3cc(Br)ccc3c2C)N2CCCCCC2)cc1. The van der Waals surface area contributed by atoms with E-state index in [1.807, 2.05) is 37.3 Å². The number of nitrogens with one attached hydrogen (secondary N) is 1. The number of rotatable bonds is 6. The number of nitrogens with zero attached hydrogens (tertiary/aromatic N) is 1. The Morgan fingerprint density at radius 3 is 2.52 bits per heavy atom. The van der Waals surface area contributed by atoms with Gasteiger partial charge in [-0.1, -0.05) is 40.9 Å². The zero-order valence-electron chi connectivity index (χ0n) is 18.1. The number of carbonyl (C=O) groups excluding carboxylic acids is 1. The number of hydrogen-bond donors (Lipinski definition) is 1. The topological polar surface area (TPSA) is 54.7 Å². The lowest BCUT2D eigenvalue weighted by atomic mass is 10.0. The van der Waals surface area contributed by atoms with Gasteiger partial charge in [0.05, 0.1) is 13.2 Å². The van der Waals surface area contributed by atoms with Gasteiger partial charge in [-0.3, -0.25) is 9.69 Å². The molecule has 0 radical (unpaired) electrons. The van der Waals surface area contributed by atoms with Gasteiger partial charge in [-0.2, -0.15) is 0 Å². The van der Waals surface area contributed by atoms with E-state index in [0.29, 0.717) is 12.3 Å². The molecule has 1 aliphatic heterocycles. The van der Waals surface area contributed by atoms with Gasteiger partial charge in [-0.15, -0.1) is 0 Å². The third-order valence-electron chi connectivity index (χ3n) is 6.14. The van der Waals surface area contributed by atoms with Crippen molar-refractivity contribution < 1.29 is 13.9 Å². The average molecular weight is 485 g/mol. The highest BCUT2D eigenvalue weighted by atomic mass is 79.9. The normalized spacial score (nSPS) is 16.1. The zero-order valence-corrected chi connectivity index (χ0v) is 19.7. The summed E-state index contributed by atoms with van der Waals surface area (Å²) in [7, 11) is 1.68. The predicted molar refractivity (Wildman–Crippen MR) is 127 cm³/mol. The van der Waals surface area contributed by atoms with Crippen LogP contribution in [0.3, 0.4) is 0 Å². The summed E-state index contributed by atoms with van der Waals surface area (Å²) < 4.78 is 12.2. The highest BCUT2D eigenvalue weighted by Crippen LogP contribution is 2.29. The molecule has 0 aliphatic carbocycles. The molecule has 1 fully saturated rings. The lowest BCUT2D eigenvalue weighted by molar-refractivity contribution is 0.0907. The standard InChI is InChI=1S/C25H29BrN2O3/c1-17-21-12-9-19(26)15-23(21)31-24(17)25(29)27-16-22(28-13-5-3-4-6-14-28)18-7-10-20(30-2)11-8-18/h7-12,15,22H,3-6,13-14,16H2,1-2H3,(H,27,29). The molecule has 0 spiro atoms. The van der Waals surface area contributed by atoms with E-state index in [1.54, 1.807) is 7.11 Å². The summed E-state index contributed by atoms with van der Waals surface area (Å²) in [6.07, 6.45) is 4.92. The van der Waals surface area contributed by atoms with E-state index in [-0.39, 0.29) is 11.9 Å². The molecule has 1 amide bonds. The van der Waals surface area contributed by atoms with E-state index >= 15 is 0 Å². The van der Waals surface area contributed by atoms with Crippen LogP contribution in [0.25, 0.3) is 11.0 Å². The number of aryl methyl sites for hydroxylation is 1. The average Bonchev–Trinajstić information content (AvgIpc) is 2.94. The fourth-order valence-electron chi connectivity index (χ4n) is 4.38. The molecule has 5 nitrogen and oxygen atoms in total. The molecule has 0 saturated carbocycles. The van der Waals surface area contributed by atoms with E-state index in [4.69, 9.17) is 9.15 Å². The van der Waals surface area contributed by atoms with Crippen LogP contribution in [0, 0.1) is 6.92 Å². The highest BCUT2D eigenvalue weighted by molar-refractivity contribution is 9.10. The van der Waals surface area contributed by atoms with Crippen LogP contribution in [-0.2, 0) is 0 Å². The van der Waals surface area contributed by atoms with Crippen molar-refractivity contribution in [3.05, 3.63) is 63.8 Å². The molecule has 0 bridgehead atoms. The first-order valence-corrected chi connectivity index (χ1v) is 11.7. The van der Waals surface area contributed by atoms with Crippen LogP contribution < -0.4 is 10.1 Å². The maximum atomic E-state index is 13.1. The Morgan fingerprint density at radius 1 is 1.13 bits per heavy atom. The number of fused-ring (bicyclic) bond motifs is 1. The van der Waals surface area contributed by atoms with Crippen LogP contribution in [0.4, 0.5) is 0 Å². The van der Waals surface area contributed by atoms with Gasteiger partial charge in [-0.05, 0) is 68.8 Å². The molecule has 2 aromatic carbocycles. The number of carbonyl (C=O) groups is 1. The fourth-order valence-corrected chi connectivity index (χ4v) is 4.72. The molecular formula is C25H29BrN2O3. The number of furan rings is 1. The van der Waals surface area contributed by atoms with Crippen molar-refractivity contribution in [2.24, 2.45) is 0 Å². The fraction of sp³-hybridized carbons (Fsp3) is 0.400. The van der Waals surface area contributed by atoms with Crippen molar-refractivity contribution in [2.45, 2.75) is 38.6 Å². The molecular weight excluding hydrogens is 456 g/mol. The summed E-state index contributed by atoms with van der Waals surface area (Å²) in [6, 6.07) is 14.1. The molecule has 2 heterocycles. The number of hydrogen-bond acceptors (Lipinski definition) is 4. The maximum Gasteiger partial charge on any atom is 0.287 e. The Labute approximate surface area is 191 Å². The Kier molecular flexibility index (Phi) is 6.98. The van der Waals surface area contributed by atoms with Gasteiger partial charge in [0.1, 0.15) is 11.3 Å². The molecule has 1 atom stereocenters. The maximum absolute atomic E-state index is 13.1. The minimum absolute atomic E-state index is 0.117. The van der Waals surface area contributed by atoms with E-state index in [2.05, 4.69) is 38.3 Å². The van der Waals surface area contributed by atoms with Crippen molar-refractivity contribution in [1.29, 1.82) is 0 Å². The first-order chi connectivity index (χ1) is 15.1. The molecule has 1 aromatic heterocycles. The number of ether oxygens (including phenoxy) is 1. The lowest BCUT2D eigenvalue weighted by Crippen LogP contribution is -2.38. The number of likely N-dealkylation sites (tertiary alicyclic amines) is 1. The van der Waals surface area contributed by atoms with Crippen LogP contribution in [0.1, 0.15) is 53.4 Å². The van der Waals surface area contributed by atoms with Gasteiger partial charge in [0, 0.05) is 22.0 Å². The molecule has 31 heavy (non-hydrogen) atoms. The summed E-state index contributed by atoms with van der Waals surface area (Å²) in [6.45, 7) is 4.56. The van der Waals surface area contributed by atoms with Gasteiger partial charge >= 0.3 is 0 Å². The lowest BCUT2D eigenvalue weighted by Gasteiger charge is -2.31. The van der Waals surface area contributed by atoms with Crippen LogP contribution >= 0.6 is 15.9 Å². The Hall–Kier alpha value is -2.31. The van der Waals surface area contributed by atoms with Crippen molar-refractivity contribution >= 4 is 32.8 Å². The van der Waals surface area contributed by atoms with Crippen LogP contribution in [0.2, 0.25) is 0 Å². The molecule has 164 valence electrons. The Balaban J connectivity index is 1.55. The number of methoxy groups -OCH3 is 1. The van der Waals surface area contributed by atoms with Crippen LogP contribution in [0.5, 0.6) is 5.75 Å². The summed E-state index contributed by atoms with van der Waals surface area (Å²) in [5.41, 5.74) is 2.78. The third kappa shape index (κ3) is 4.96. The summed E-state index contributed by atoms with van der Waals surface area (Å²) >= 11 is 3.46. The van der Waals surface area contributed by atoms with Gasteiger partial charge in [0.2, 0.25) is 0 Å². The second-order valence-corrected chi connectivity index (χ2v) is 9.06. The van der Waals surface area contributed by atoms with E-state index < -0.39 is 0 Å². The predicted octanol–water partition coefficient (Wildman–Crippen LogP) is 5.86. The Bertz CT molecular complexity index is 1040. The van der Waals surface area contributed by atoms with Crippen molar-refractivity contribution in [2.75, 3.05) is 26.7 Å². The third-order valence-corrected chi connectivity index (χ3v) is 6.64. The molecule has 1 N–H and O–H groups in total. The zero-order chi connectivity index (χ0) is 21.8. The first-order valence-electron chi connectivity index (χ1n) is 10.9. The van der Waals surface area contributed by atoms with Crippen molar-refractivity contribution in [3.8, 4) is 5.75 Å². The number of benzene rings is 2. The second-order valence-electron chi connectivity index (χ2n) is 8.15. The summed E-state index contributed by atoms with van der Waals surface area (Å²) in [4.78, 5) is 15.5. The minimum Gasteiger partial charge on any atom is -0.497 e. The molecule has 1 saturated heterocycles. The van der Waals surface area contributed by atoms with Gasteiger partial charge in [-0.25, -0.2) is 0 Å². The first kappa shape index (κ1) is 21.9. The monoisotopic (exact) mass is 484 g/mol. The van der Waals surface area contributed by atoms with Gasteiger partial charge < -0.3 is 14.5 Å². The molecule has 1 unspecified atom stereocenters. The van der Waals surface area contributed by atoms with E-state index in [0.717, 1.165) is 39.8 Å². The summed E-state index contributed by atoms with van der Waals surface area (Å²) in [5.74, 6) is 1.06. The van der Waals surface area contributed by atoms with Crippen molar-refractivity contribution in [1.82, 2.24) is 10.2 Å². The van der Waals surface area contributed by atoms with Crippen LogP contribution in [-0.4, -0.2) is 37.6 Å². The number of halogens is 1. The van der Waals surface area contributed by atoms with E-state index in [1.165, 1.54) is 31.2 Å². The molecule has 1 aliphatic rings. The Morgan fingerprint density at radius 2 is 1.84 bits per heavy atom. The smallest absolute Gasteiger partial charge is 0.287 e. The summed E-state index contributed by atoms with van der Waals surface area (Å²) in [5, 5.41) is 4.11. The highest BCUT2D eigenvalue weighted by Gasteiger charge is 2.24. The quantitative estimate of drug-likeness (QED) is 0.475. The molecule has 3 aromatic rings. The minimum atomic E-state index is -0.168.